The average molecular weight is 321 g/mol. The van der Waals surface area contributed by atoms with Crippen molar-refractivity contribution in [2.45, 2.75) is 6.54 Å². The lowest BCUT2D eigenvalue weighted by molar-refractivity contribution is -0.130. The molecular formula is C16H17ClN2O3. The predicted molar refractivity (Wildman–Crippen MR) is 85.3 cm³/mol. The van der Waals surface area contributed by atoms with Gasteiger partial charge in [0.2, 0.25) is 5.91 Å². The summed E-state index contributed by atoms with van der Waals surface area (Å²) in [6, 6.07) is 11.9. The number of likely N-dealkylation sites (N-methyl/N-ethyl adjacent to an activating group) is 1. The van der Waals surface area contributed by atoms with Crippen molar-refractivity contribution in [3.05, 3.63) is 64.0 Å². The zero-order valence-electron chi connectivity index (χ0n) is 12.2. The van der Waals surface area contributed by atoms with Gasteiger partial charge in [0.1, 0.15) is 18.9 Å². The van der Waals surface area contributed by atoms with E-state index in [4.69, 9.17) is 16.3 Å². The lowest BCUT2D eigenvalue weighted by atomic mass is 10.3. The Labute approximate surface area is 133 Å². The van der Waals surface area contributed by atoms with Gasteiger partial charge >= 0.3 is 0 Å². The van der Waals surface area contributed by atoms with Crippen molar-refractivity contribution in [1.82, 2.24) is 9.47 Å². The topological polar surface area (TPSA) is 51.5 Å². The smallest absolute Gasteiger partial charge is 0.250 e. The minimum Gasteiger partial charge on any atom is -0.492 e. The SMILES string of the molecule is CN(CCOc1cccc(Cl)c1)C(=O)Cn1ccccc1=O. The third kappa shape index (κ3) is 4.63. The number of carbonyl (C=O) groups is 1. The average Bonchev–Trinajstić information content (AvgIpc) is 2.49. The molecule has 6 heteroatoms. The molecule has 2 aromatic rings. The molecule has 0 unspecified atom stereocenters. The Kier molecular flexibility index (Phi) is 5.61. The Morgan fingerprint density at radius 2 is 2.09 bits per heavy atom. The fourth-order valence-electron chi connectivity index (χ4n) is 1.84. The first-order valence-corrected chi connectivity index (χ1v) is 7.22. The fourth-order valence-corrected chi connectivity index (χ4v) is 2.02. The second-order valence-electron chi connectivity index (χ2n) is 4.79. The van der Waals surface area contributed by atoms with Crippen LogP contribution in [0.4, 0.5) is 0 Å². The molecule has 0 N–H and O–H groups in total. The van der Waals surface area contributed by atoms with Crippen LogP contribution in [0.15, 0.2) is 53.5 Å². The molecule has 0 saturated heterocycles. The van der Waals surface area contributed by atoms with Crippen molar-refractivity contribution in [2.75, 3.05) is 20.2 Å². The molecule has 0 aliphatic carbocycles. The van der Waals surface area contributed by atoms with E-state index in [-0.39, 0.29) is 18.0 Å². The maximum absolute atomic E-state index is 12.1. The van der Waals surface area contributed by atoms with Crippen LogP contribution in [0.25, 0.3) is 0 Å². The molecule has 1 heterocycles. The Balaban J connectivity index is 1.82. The third-order valence-electron chi connectivity index (χ3n) is 3.12. The highest BCUT2D eigenvalue weighted by Crippen LogP contribution is 2.16. The summed E-state index contributed by atoms with van der Waals surface area (Å²) in [6.45, 7) is 0.798. The highest BCUT2D eigenvalue weighted by Gasteiger charge is 2.10. The minimum absolute atomic E-state index is 0.0212. The van der Waals surface area contributed by atoms with E-state index in [1.807, 2.05) is 0 Å². The summed E-state index contributed by atoms with van der Waals surface area (Å²) >= 11 is 5.86. The van der Waals surface area contributed by atoms with Crippen molar-refractivity contribution in [3.63, 3.8) is 0 Å². The van der Waals surface area contributed by atoms with Crippen molar-refractivity contribution in [2.24, 2.45) is 0 Å². The van der Waals surface area contributed by atoms with E-state index in [0.29, 0.717) is 23.9 Å². The van der Waals surface area contributed by atoms with Crippen molar-refractivity contribution >= 4 is 17.5 Å². The van der Waals surface area contributed by atoms with E-state index in [1.54, 1.807) is 49.6 Å². The van der Waals surface area contributed by atoms with Gasteiger partial charge in [0.05, 0.1) is 6.54 Å². The molecule has 22 heavy (non-hydrogen) atoms. The molecule has 116 valence electrons. The zero-order valence-corrected chi connectivity index (χ0v) is 13.0. The summed E-state index contributed by atoms with van der Waals surface area (Å²) in [7, 11) is 1.68. The molecule has 0 atom stereocenters. The van der Waals surface area contributed by atoms with Gasteiger partial charge in [-0.25, -0.2) is 0 Å². The van der Waals surface area contributed by atoms with Gasteiger partial charge in [0.15, 0.2) is 0 Å². The van der Waals surface area contributed by atoms with Crippen molar-refractivity contribution in [3.8, 4) is 5.75 Å². The number of hydrogen-bond acceptors (Lipinski definition) is 3. The lowest BCUT2D eigenvalue weighted by Gasteiger charge is -2.18. The number of rotatable bonds is 6. The van der Waals surface area contributed by atoms with Crippen LogP contribution in [0.2, 0.25) is 5.02 Å². The lowest BCUT2D eigenvalue weighted by Crippen LogP contribution is -2.35. The highest BCUT2D eigenvalue weighted by atomic mass is 35.5. The van der Waals surface area contributed by atoms with Gasteiger partial charge in [-0.1, -0.05) is 23.7 Å². The van der Waals surface area contributed by atoms with Crippen LogP contribution in [0.5, 0.6) is 5.75 Å². The molecule has 5 nitrogen and oxygen atoms in total. The monoisotopic (exact) mass is 320 g/mol. The summed E-state index contributed by atoms with van der Waals surface area (Å²) in [6.07, 6.45) is 1.59. The van der Waals surface area contributed by atoms with Crippen LogP contribution >= 0.6 is 11.6 Å². The molecule has 0 aliphatic heterocycles. The van der Waals surface area contributed by atoms with Gasteiger partial charge < -0.3 is 14.2 Å². The molecule has 1 aromatic heterocycles. The summed E-state index contributed by atoms with van der Waals surface area (Å²) in [5, 5.41) is 0.602. The molecule has 1 amide bonds. The van der Waals surface area contributed by atoms with Crippen LogP contribution in [-0.2, 0) is 11.3 Å². The fraction of sp³-hybridized carbons (Fsp3) is 0.250. The maximum Gasteiger partial charge on any atom is 0.250 e. The predicted octanol–water partition coefficient (Wildman–Crippen LogP) is 2.04. The quantitative estimate of drug-likeness (QED) is 0.818. The first-order valence-electron chi connectivity index (χ1n) is 6.84. The number of benzene rings is 1. The maximum atomic E-state index is 12.1. The highest BCUT2D eigenvalue weighted by molar-refractivity contribution is 6.30. The Morgan fingerprint density at radius 3 is 2.82 bits per heavy atom. The Bertz CT molecular complexity index is 700. The van der Waals surface area contributed by atoms with E-state index >= 15 is 0 Å². The normalized spacial score (nSPS) is 10.3. The Hall–Kier alpha value is -2.27. The third-order valence-corrected chi connectivity index (χ3v) is 3.36. The summed E-state index contributed by atoms with van der Waals surface area (Å²) in [5.41, 5.74) is -0.195. The van der Waals surface area contributed by atoms with E-state index in [1.165, 1.54) is 15.5 Å². The van der Waals surface area contributed by atoms with Gasteiger partial charge in [-0.05, 0) is 24.3 Å². The molecule has 0 saturated carbocycles. The van der Waals surface area contributed by atoms with E-state index in [2.05, 4.69) is 0 Å². The minimum atomic E-state index is -0.195. The van der Waals surface area contributed by atoms with Crippen LogP contribution in [0.1, 0.15) is 0 Å². The number of aromatic nitrogens is 1. The standard InChI is InChI=1S/C16H17ClN2O3/c1-18(9-10-22-14-6-4-5-13(17)11-14)16(21)12-19-8-3-2-7-15(19)20/h2-8,11H,9-10,12H2,1H3. The van der Waals surface area contributed by atoms with E-state index < -0.39 is 0 Å². The zero-order chi connectivity index (χ0) is 15.9. The van der Waals surface area contributed by atoms with Gasteiger partial charge in [-0.3, -0.25) is 9.59 Å². The van der Waals surface area contributed by atoms with Crippen molar-refractivity contribution in [1.29, 1.82) is 0 Å². The number of nitrogens with zero attached hydrogens (tertiary/aromatic N) is 2. The summed E-state index contributed by atoms with van der Waals surface area (Å²) in [4.78, 5) is 25.1. The van der Waals surface area contributed by atoms with Crippen LogP contribution < -0.4 is 10.3 Å². The molecule has 0 spiro atoms. The number of amides is 1. The van der Waals surface area contributed by atoms with E-state index in [0.717, 1.165) is 0 Å². The summed E-state index contributed by atoms with van der Waals surface area (Å²) < 4.78 is 6.91. The second-order valence-corrected chi connectivity index (χ2v) is 5.22. The number of ether oxygens (including phenoxy) is 1. The molecule has 0 fully saturated rings. The molecule has 2 rings (SSSR count). The molecular weight excluding hydrogens is 304 g/mol. The number of carbonyl (C=O) groups excluding carboxylic acids is 1. The number of halogens is 1. The summed E-state index contributed by atoms with van der Waals surface area (Å²) in [5.74, 6) is 0.510. The second kappa shape index (κ2) is 7.66. The van der Waals surface area contributed by atoms with Gasteiger partial charge in [0.25, 0.3) is 5.56 Å². The van der Waals surface area contributed by atoms with Gasteiger partial charge in [-0.15, -0.1) is 0 Å². The molecule has 0 aliphatic rings. The number of hydrogen-bond donors (Lipinski definition) is 0. The van der Waals surface area contributed by atoms with Crippen LogP contribution in [0.3, 0.4) is 0 Å². The van der Waals surface area contributed by atoms with Crippen LogP contribution in [-0.4, -0.2) is 35.6 Å². The number of pyridine rings is 1. The van der Waals surface area contributed by atoms with Crippen molar-refractivity contribution < 1.29 is 9.53 Å². The first kappa shape index (κ1) is 16.1. The molecule has 1 aromatic carbocycles. The van der Waals surface area contributed by atoms with Gasteiger partial charge in [0, 0.05) is 24.3 Å². The van der Waals surface area contributed by atoms with Gasteiger partial charge in [-0.2, -0.15) is 0 Å². The largest absolute Gasteiger partial charge is 0.492 e. The van der Waals surface area contributed by atoms with Crippen LogP contribution in [0, 0.1) is 0 Å². The molecule has 0 bridgehead atoms. The first-order chi connectivity index (χ1) is 10.6. The van der Waals surface area contributed by atoms with E-state index in [9.17, 15) is 9.59 Å². The molecule has 0 radical (unpaired) electrons. The Morgan fingerprint density at radius 1 is 1.27 bits per heavy atom.